The monoisotopic (exact) mass is 395 g/mol. The Bertz CT molecular complexity index is 1140. The third kappa shape index (κ3) is 3.30. The third-order valence-electron chi connectivity index (χ3n) is 4.30. The van der Waals surface area contributed by atoms with Crippen molar-refractivity contribution in [2.45, 2.75) is 0 Å². The molecule has 4 aromatic rings. The summed E-state index contributed by atoms with van der Waals surface area (Å²) in [5.41, 5.74) is 2.48. The van der Waals surface area contributed by atoms with Gasteiger partial charge in [-0.25, -0.2) is 9.37 Å². The van der Waals surface area contributed by atoms with Gasteiger partial charge in [-0.2, -0.15) is 0 Å². The van der Waals surface area contributed by atoms with Gasteiger partial charge in [0.05, 0.1) is 29.1 Å². The molecule has 2 aromatic carbocycles. The van der Waals surface area contributed by atoms with E-state index in [0.29, 0.717) is 11.4 Å². The maximum absolute atomic E-state index is 14.1. The van der Waals surface area contributed by atoms with Crippen LogP contribution in [-0.4, -0.2) is 22.4 Å². The minimum atomic E-state index is -0.694. The first kappa shape index (κ1) is 18.0. The second-order valence-electron chi connectivity index (χ2n) is 6.06. The van der Waals surface area contributed by atoms with Crippen molar-refractivity contribution >= 4 is 28.8 Å². The molecule has 0 unspecified atom stereocenters. The van der Waals surface area contributed by atoms with Gasteiger partial charge < -0.3 is 14.5 Å². The highest BCUT2D eigenvalue weighted by Crippen LogP contribution is 2.31. The summed E-state index contributed by atoms with van der Waals surface area (Å²) < 4.78 is 21.3. The van der Waals surface area contributed by atoms with E-state index in [0.717, 1.165) is 16.9 Å². The van der Waals surface area contributed by atoms with Crippen molar-refractivity contribution in [1.82, 2.24) is 9.38 Å². The number of hydrogen-bond acceptors (Lipinski definition) is 3. The normalized spacial score (nSPS) is 10.8. The van der Waals surface area contributed by atoms with Crippen molar-refractivity contribution in [3.05, 3.63) is 83.4 Å². The lowest BCUT2D eigenvalue weighted by atomic mass is 10.1. The van der Waals surface area contributed by atoms with Crippen molar-refractivity contribution in [2.75, 3.05) is 12.4 Å². The zero-order valence-electron chi connectivity index (χ0n) is 14.8. The number of pyridine rings is 1. The number of methoxy groups -OCH3 is 1. The van der Waals surface area contributed by atoms with Crippen molar-refractivity contribution in [2.24, 2.45) is 0 Å². The fourth-order valence-corrected chi connectivity index (χ4v) is 3.19. The molecule has 0 saturated heterocycles. The van der Waals surface area contributed by atoms with Gasteiger partial charge >= 0.3 is 0 Å². The molecule has 1 amide bonds. The molecule has 0 bridgehead atoms. The van der Waals surface area contributed by atoms with E-state index in [1.807, 2.05) is 41.1 Å². The Morgan fingerprint density at radius 2 is 2.04 bits per heavy atom. The van der Waals surface area contributed by atoms with E-state index in [2.05, 4.69) is 10.3 Å². The summed E-state index contributed by atoms with van der Waals surface area (Å²) in [6.07, 6.45) is 3.79. The predicted octanol–water partition coefficient (Wildman–Crippen LogP) is 5.05. The minimum absolute atomic E-state index is 0.0352. The number of benzene rings is 2. The number of carbonyl (C=O) groups is 1. The quantitative estimate of drug-likeness (QED) is 0.525. The van der Waals surface area contributed by atoms with E-state index in [1.54, 1.807) is 12.1 Å². The predicted molar refractivity (Wildman–Crippen MR) is 107 cm³/mol. The number of nitrogens with one attached hydrogen (secondary N) is 1. The van der Waals surface area contributed by atoms with E-state index in [4.69, 9.17) is 16.3 Å². The van der Waals surface area contributed by atoms with E-state index in [9.17, 15) is 9.18 Å². The highest BCUT2D eigenvalue weighted by Gasteiger charge is 2.18. The summed E-state index contributed by atoms with van der Waals surface area (Å²) in [6, 6.07) is 15.1. The molecule has 0 atom stereocenters. The SMILES string of the molecule is COc1ccc(-c2cn3ccccc3n2)cc1NC(=O)c1c(F)cccc1Cl. The second-order valence-corrected chi connectivity index (χ2v) is 6.47. The van der Waals surface area contributed by atoms with Crippen LogP contribution in [0.3, 0.4) is 0 Å². The van der Waals surface area contributed by atoms with Crippen molar-refractivity contribution in [1.29, 1.82) is 0 Å². The molecule has 5 nitrogen and oxygen atoms in total. The molecule has 7 heteroatoms. The lowest BCUT2D eigenvalue weighted by Crippen LogP contribution is -2.15. The Kier molecular flexibility index (Phi) is 4.71. The van der Waals surface area contributed by atoms with Gasteiger partial charge in [0.1, 0.15) is 17.2 Å². The van der Waals surface area contributed by atoms with Gasteiger partial charge in [-0.05, 0) is 42.5 Å². The largest absolute Gasteiger partial charge is 0.495 e. The number of aromatic nitrogens is 2. The Hall–Kier alpha value is -3.38. The number of halogens is 2. The number of amides is 1. The first-order valence-electron chi connectivity index (χ1n) is 8.44. The Balaban J connectivity index is 1.72. The molecule has 28 heavy (non-hydrogen) atoms. The molecule has 0 aliphatic rings. The van der Waals surface area contributed by atoms with Gasteiger partial charge in [0.25, 0.3) is 5.91 Å². The van der Waals surface area contributed by atoms with Gasteiger partial charge in [-0.3, -0.25) is 4.79 Å². The molecule has 0 spiro atoms. The number of fused-ring (bicyclic) bond motifs is 1. The van der Waals surface area contributed by atoms with Crippen molar-refractivity contribution in [3.8, 4) is 17.0 Å². The van der Waals surface area contributed by atoms with Crippen LogP contribution in [0.15, 0.2) is 67.0 Å². The number of imidazole rings is 1. The summed E-state index contributed by atoms with van der Waals surface area (Å²) in [5.74, 6) is -0.914. The van der Waals surface area contributed by atoms with E-state index in [-0.39, 0.29) is 10.6 Å². The standard InChI is InChI=1S/C21H15ClFN3O2/c1-28-18-9-8-13(17-12-26-10-3-2-7-19(26)24-17)11-16(18)25-21(27)20-14(22)5-4-6-15(20)23/h2-12H,1H3,(H,25,27). The zero-order valence-corrected chi connectivity index (χ0v) is 15.6. The zero-order chi connectivity index (χ0) is 19.7. The highest BCUT2D eigenvalue weighted by molar-refractivity contribution is 6.34. The lowest BCUT2D eigenvalue weighted by molar-refractivity contribution is 0.102. The number of anilines is 1. The first-order valence-corrected chi connectivity index (χ1v) is 8.82. The van der Waals surface area contributed by atoms with Crippen LogP contribution in [-0.2, 0) is 0 Å². The molecular formula is C21H15ClFN3O2. The number of carbonyl (C=O) groups excluding carboxylic acids is 1. The average Bonchev–Trinajstić information content (AvgIpc) is 3.12. The van der Waals surface area contributed by atoms with Crippen LogP contribution in [0.2, 0.25) is 5.02 Å². The molecule has 0 fully saturated rings. The Morgan fingerprint density at radius 3 is 2.79 bits per heavy atom. The molecule has 0 saturated carbocycles. The van der Waals surface area contributed by atoms with E-state index in [1.165, 1.54) is 25.3 Å². The van der Waals surface area contributed by atoms with Crippen LogP contribution in [0, 0.1) is 5.82 Å². The molecule has 0 aliphatic heterocycles. The van der Waals surface area contributed by atoms with Crippen LogP contribution < -0.4 is 10.1 Å². The van der Waals surface area contributed by atoms with Gasteiger partial charge in [0, 0.05) is 18.0 Å². The van der Waals surface area contributed by atoms with Crippen LogP contribution in [0.5, 0.6) is 5.75 Å². The van der Waals surface area contributed by atoms with Crippen LogP contribution in [0.25, 0.3) is 16.9 Å². The molecule has 0 aliphatic carbocycles. The fourth-order valence-electron chi connectivity index (χ4n) is 2.94. The van der Waals surface area contributed by atoms with Gasteiger partial charge in [0.15, 0.2) is 0 Å². The molecule has 0 radical (unpaired) electrons. The summed E-state index contributed by atoms with van der Waals surface area (Å²) in [4.78, 5) is 17.2. The van der Waals surface area contributed by atoms with Gasteiger partial charge in [-0.1, -0.05) is 23.7 Å². The van der Waals surface area contributed by atoms with Crippen LogP contribution >= 0.6 is 11.6 Å². The molecule has 4 rings (SSSR count). The summed E-state index contributed by atoms with van der Waals surface area (Å²) in [7, 11) is 1.49. The summed E-state index contributed by atoms with van der Waals surface area (Å²) in [6.45, 7) is 0. The third-order valence-corrected chi connectivity index (χ3v) is 4.61. The average molecular weight is 396 g/mol. The number of hydrogen-bond donors (Lipinski definition) is 1. The molecule has 1 N–H and O–H groups in total. The number of nitrogens with zero attached hydrogens (tertiary/aromatic N) is 2. The van der Waals surface area contributed by atoms with Crippen molar-refractivity contribution < 1.29 is 13.9 Å². The van der Waals surface area contributed by atoms with Gasteiger partial charge in [0.2, 0.25) is 0 Å². The van der Waals surface area contributed by atoms with Crippen LogP contribution in [0.1, 0.15) is 10.4 Å². The summed E-state index contributed by atoms with van der Waals surface area (Å²) >= 11 is 5.99. The van der Waals surface area contributed by atoms with E-state index < -0.39 is 11.7 Å². The maximum atomic E-state index is 14.1. The minimum Gasteiger partial charge on any atom is -0.495 e. The Labute approximate surface area is 165 Å². The molecular weight excluding hydrogens is 381 g/mol. The maximum Gasteiger partial charge on any atom is 0.260 e. The summed E-state index contributed by atoms with van der Waals surface area (Å²) in [5, 5.41) is 2.72. The molecule has 2 aromatic heterocycles. The fraction of sp³-hybridized carbons (Fsp3) is 0.0476. The Morgan fingerprint density at radius 1 is 1.18 bits per heavy atom. The first-order chi connectivity index (χ1) is 13.6. The van der Waals surface area contributed by atoms with E-state index >= 15 is 0 Å². The molecule has 140 valence electrons. The second kappa shape index (κ2) is 7.32. The van der Waals surface area contributed by atoms with Gasteiger partial charge in [-0.15, -0.1) is 0 Å². The van der Waals surface area contributed by atoms with Crippen molar-refractivity contribution in [3.63, 3.8) is 0 Å². The molecule has 2 heterocycles. The smallest absolute Gasteiger partial charge is 0.260 e. The number of ether oxygens (including phenoxy) is 1. The topological polar surface area (TPSA) is 55.6 Å². The highest BCUT2D eigenvalue weighted by atomic mass is 35.5. The number of rotatable bonds is 4. The van der Waals surface area contributed by atoms with Crippen LogP contribution in [0.4, 0.5) is 10.1 Å². The lowest BCUT2D eigenvalue weighted by Gasteiger charge is -2.12.